The van der Waals surface area contributed by atoms with Crippen molar-refractivity contribution in [2.45, 2.75) is 37.1 Å². The minimum absolute atomic E-state index is 0.0950. The second kappa shape index (κ2) is 8.81. The molecule has 2 aromatic carbocycles. The number of allylic oxidation sites excluding steroid dienone is 1. The fourth-order valence-electron chi connectivity index (χ4n) is 3.40. The Morgan fingerprint density at radius 1 is 1.06 bits per heavy atom. The van der Waals surface area contributed by atoms with Crippen molar-refractivity contribution in [2.75, 3.05) is 12.4 Å². The predicted molar refractivity (Wildman–Crippen MR) is 122 cm³/mol. The first kappa shape index (κ1) is 22.4. The Morgan fingerprint density at radius 3 is 2.23 bits per heavy atom. The van der Waals surface area contributed by atoms with Gasteiger partial charge in [0, 0.05) is 17.8 Å². The molecule has 0 bridgehead atoms. The highest BCUT2D eigenvalue weighted by atomic mass is 32.2. The average molecular weight is 439 g/mol. The number of hydrogen-bond donors (Lipinski definition) is 1. The van der Waals surface area contributed by atoms with Crippen molar-refractivity contribution < 1.29 is 17.9 Å². The number of hydrogen-bond acceptors (Lipinski definition) is 4. The minimum atomic E-state index is -3.87. The highest BCUT2D eigenvalue weighted by Gasteiger charge is 2.30. The van der Waals surface area contributed by atoms with E-state index >= 15 is 0 Å². The molecule has 0 aliphatic heterocycles. The molecule has 0 saturated carbocycles. The van der Waals surface area contributed by atoms with Crippen molar-refractivity contribution in [1.82, 2.24) is 4.57 Å². The Kier molecular flexibility index (Phi) is 6.36. The van der Waals surface area contributed by atoms with Gasteiger partial charge < -0.3 is 14.6 Å². The number of aromatic nitrogens is 1. The molecule has 3 aromatic rings. The lowest BCUT2D eigenvalue weighted by Gasteiger charge is -2.13. The van der Waals surface area contributed by atoms with Gasteiger partial charge in [-0.25, -0.2) is 8.42 Å². The van der Waals surface area contributed by atoms with E-state index in [4.69, 9.17) is 4.74 Å². The number of methoxy groups -OCH3 is 1. The molecule has 6 nitrogen and oxygen atoms in total. The third kappa shape index (κ3) is 4.27. The van der Waals surface area contributed by atoms with Crippen LogP contribution in [0.25, 0.3) is 0 Å². The van der Waals surface area contributed by atoms with E-state index in [1.807, 2.05) is 13.8 Å². The number of nitrogens with zero attached hydrogens (tertiary/aromatic N) is 1. The van der Waals surface area contributed by atoms with Crippen LogP contribution in [-0.4, -0.2) is 26.0 Å². The van der Waals surface area contributed by atoms with Crippen LogP contribution in [0, 0.1) is 20.8 Å². The van der Waals surface area contributed by atoms with Crippen LogP contribution in [0.3, 0.4) is 0 Å². The number of anilines is 1. The number of carbonyl (C=O) groups excluding carboxylic acids is 1. The Morgan fingerprint density at radius 2 is 1.68 bits per heavy atom. The number of sulfone groups is 1. The molecule has 1 heterocycles. The average Bonchev–Trinajstić information content (AvgIpc) is 2.99. The standard InChI is InChI=1S/C24H26N2O4S/c1-6-15-26-18(4)17(3)22(31(28,29)21-13-7-16(2)8-14-21)23(26)25-24(27)19-9-11-20(30-5)12-10-19/h6-14H,1,15H2,2-5H3,(H,25,27). The summed E-state index contributed by atoms with van der Waals surface area (Å²) in [6.07, 6.45) is 1.66. The van der Waals surface area contributed by atoms with Gasteiger partial charge in [0.05, 0.1) is 12.0 Å². The molecule has 1 amide bonds. The molecular formula is C24H26N2O4S. The molecule has 0 aliphatic carbocycles. The zero-order chi connectivity index (χ0) is 22.8. The van der Waals surface area contributed by atoms with Crippen LogP contribution in [0.1, 0.15) is 27.2 Å². The monoisotopic (exact) mass is 438 g/mol. The van der Waals surface area contributed by atoms with Gasteiger partial charge in [-0.15, -0.1) is 6.58 Å². The van der Waals surface area contributed by atoms with E-state index in [1.165, 1.54) is 0 Å². The molecule has 0 saturated heterocycles. The fourth-order valence-corrected chi connectivity index (χ4v) is 5.10. The summed E-state index contributed by atoms with van der Waals surface area (Å²) >= 11 is 0. The molecule has 0 radical (unpaired) electrons. The summed E-state index contributed by atoms with van der Waals surface area (Å²) in [5.74, 6) is 0.447. The first-order valence-corrected chi connectivity index (χ1v) is 11.3. The number of aryl methyl sites for hydroxylation is 1. The van der Waals surface area contributed by atoms with Gasteiger partial charge in [-0.05, 0) is 62.7 Å². The quantitative estimate of drug-likeness (QED) is 0.543. The molecule has 0 spiro atoms. The molecular weight excluding hydrogens is 412 g/mol. The lowest BCUT2D eigenvalue weighted by Crippen LogP contribution is -2.18. The second-order valence-corrected chi connectivity index (χ2v) is 9.17. The first-order chi connectivity index (χ1) is 14.7. The smallest absolute Gasteiger partial charge is 0.256 e. The Hall–Kier alpha value is -3.32. The number of ether oxygens (including phenoxy) is 1. The topological polar surface area (TPSA) is 77.4 Å². The maximum atomic E-state index is 13.6. The Labute approximate surface area is 183 Å². The summed E-state index contributed by atoms with van der Waals surface area (Å²) in [6, 6.07) is 13.3. The van der Waals surface area contributed by atoms with Crippen LogP contribution >= 0.6 is 0 Å². The van der Waals surface area contributed by atoms with Gasteiger partial charge in [0.15, 0.2) is 0 Å². The highest BCUT2D eigenvalue weighted by Crippen LogP contribution is 2.35. The third-order valence-electron chi connectivity index (χ3n) is 5.27. The normalized spacial score (nSPS) is 11.2. The first-order valence-electron chi connectivity index (χ1n) is 9.78. The number of nitrogens with one attached hydrogen (secondary N) is 1. The predicted octanol–water partition coefficient (Wildman–Crippen LogP) is 4.69. The van der Waals surface area contributed by atoms with E-state index < -0.39 is 15.7 Å². The zero-order valence-corrected chi connectivity index (χ0v) is 18.9. The largest absolute Gasteiger partial charge is 0.497 e. The van der Waals surface area contributed by atoms with Gasteiger partial charge >= 0.3 is 0 Å². The molecule has 0 unspecified atom stereocenters. The highest BCUT2D eigenvalue weighted by molar-refractivity contribution is 7.91. The van der Waals surface area contributed by atoms with Crippen molar-refractivity contribution in [3.8, 4) is 5.75 Å². The lowest BCUT2D eigenvalue weighted by molar-refractivity contribution is 0.102. The molecule has 31 heavy (non-hydrogen) atoms. The van der Waals surface area contributed by atoms with Gasteiger partial charge in [0.25, 0.3) is 5.91 Å². The number of benzene rings is 2. The van der Waals surface area contributed by atoms with E-state index in [-0.39, 0.29) is 15.6 Å². The van der Waals surface area contributed by atoms with Crippen LogP contribution in [0.4, 0.5) is 5.82 Å². The van der Waals surface area contributed by atoms with E-state index in [1.54, 1.807) is 73.2 Å². The van der Waals surface area contributed by atoms with Crippen molar-refractivity contribution in [1.29, 1.82) is 0 Å². The SMILES string of the molecule is C=CCn1c(C)c(C)c(S(=O)(=O)c2ccc(C)cc2)c1NC(=O)c1ccc(OC)cc1. The van der Waals surface area contributed by atoms with Crippen LogP contribution < -0.4 is 10.1 Å². The Bertz CT molecular complexity index is 1220. The van der Waals surface area contributed by atoms with E-state index in [2.05, 4.69) is 11.9 Å². The molecule has 0 aliphatic rings. The number of carbonyl (C=O) groups is 1. The van der Waals surface area contributed by atoms with Crippen LogP contribution in [0.2, 0.25) is 0 Å². The van der Waals surface area contributed by atoms with Gasteiger partial charge in [-0.1, -0.05) is 23.8 Å². The molecule has 1 aromatic heterocycles. The lowest BCUT2D eigenvalue weighted by atomic mass is 10.2. The molecule has 0 fully saturated rings. The second-order valence-electron chi connectivity index (χ2n) is 7.29. The van der Waals surface area contributed by atoms with Crippen LogP contribution in [-0.2, 0) is 16.4 Å². The zero-order valence-electron chi connectivity index (χ0n) is 18.1. The molecule has 1 N–H and O–H groups in total. The van der Waals surface area contributed by atoms with Crippen molar-refractivity contribution in [3.63, 3.8) is 0 Å². The van der Waals surface area contributed by atoms with E-state index in [0.717, 1.165) is 11.3 Å². The summed E-state index contributed by atoms with van der Waals surface area (Å²) in [6.45, 7) is 9.60. The molecule has 3 rings (SSSR count). The molecule has 162 valence electrons. The summed E-state index contributed by atoms with van der Waals surface area (Å²) < 4.78 is 34.0. The number of amides is 1. The van der Waals surface area contributed by atoms with Crippen molar-refractivity contribution in [3.05, 3.63) is 83.6 Å². The van der Waals surface area contributed by atoms with Crippen LogP contribution in [0.15, 0.2) is 71.0 Å². The van der Waals surface area contributed by atoms with Gasteiger partial charge in [-0.2, -0.15) is 0 Å². The van der Waals surface area contributed by atoms with Crippen LogP contribution in [0.5, 0.6) is 5.75 Å². The minimum Gasteiger partial charge on any atom is -0.497 e. The van der Waals surface area contributed by atoms with E-state index in [9.17, 15) is 13.2 Å². The third-order valence-corrected chi connectivity index (χ3v) is 7.20. The Balaban J connectivity index is 2.13. The van der Waals surface area contributed by atoms with Crippen molar-refractivity contribution >= 4 is 21.6 Å². The molecule has 0 atom stereocenters. The van der Waals surface area contributed by atoms with Gasteiger partial charge in [0.1, 0.15) is 16.5 Å². The maximum absolute atomic E-state index is 13.6. The molecule has 7 heteroatoms. The van der Waals surface area contributed by atoms with Gasteiger partial charge in [-0.3, -0.25) is 4.79 Å². The summed E-state index contributed by atoms with van der Waals surface area (Å²) in [7, 11) is -2.32. The van der Waals surface area contributed by atoms with Gasteiger partial charge in [0.2, 0.25) is 9.84 Å². The summed E-state index contributed by atoms with van der Waals surface area (Å²) in [5.41, 5.74) is 2.69. The fraction of sp³-hybridized carbons (Fsp3) is 0.208. The maximum Gasteiger partial charge on any atom is 0.256 e. The number of rotatable bonds is 7. The van der Waals surface area contributed by atoms with Crippen molar-refractivity contribution in [2.24, 2.45) is 0 Å². The summed E-state index contributed by atoms with van der Waals surface area (Å²) in [4.78, 5) is 13.2. The van der Waals surface area contributed by atoms with E-state index in [0.29, 0.717) is 23.4 Å². The summed E-state index contributed by atoms with van der Waals surface area (Å²) in [5, 5.41) is 2.82.